The number of benzene rings is 3. The highest BCUT2D eigenvalue weighted by molar-refractivity contribution is 5.88. The van der Waals surface area contributed by atoms with E-state index in [0.29, 0.717) is 25.1 Å². The summed E-state index contributed by atoms with van der Waals surface area (Å²) >= 11 is 0. The van der Waals surface area contributed by atoms with Crippen LogP contribution in [0, 0.1) is 5.92 Å². The molecule has 0 aliphatic rings. The molecule has 0 bridgehead atoms. The molecule has 0 fully saturated rings. The van der Waals surface area contributed by atoms with Crippen molar-refractivity contribution in [3.8, 4) is 22.5 Å². The first-order valence-electron chi connectivity index (χ1n) is 15.3. The van der Waals surface area contributed by atoms with E-state index in [1.165, 1.54) is 0 Å². The van der Waals surface area contributed by atoms with Gasteiger partial charge in [0.2, 0.25) is 23.5 Å². The van der Waals surface area contributed by atoms with Gasteiger partial charge in [-0.1, -0.05) is 106 Å². The van der Waals surface area contributed by atoms with Crippen LogP contribution in [0.2, 0.25) is 0 Å². The predicted octanol–water partition coefficient (Wildman–Crippen LogP) is 4.70. The number of unbranched alkanes of at least 4 members (excludes halogenated alkanes) is 1. The maximum atomic E-state index is 13.9. The van der Waals surface area contributed by atoms with Crippen LogP contribution in [-0.2, 0) is 27.3 Å². The van der Waals surface area contributed by atoms with E-state index in [2.05, 4.69) is 25.9 Å². The Morgan fingerprint density at radius 1 is 0.911 bits per heavy atom. The van der Waals surface area contributed by atoms with Crippen LogP contribution in [0.15, 0.2) is 78.9 Å². The third-order valence-corrected chi connectivity index (χ3v) is 7.66. The number of amides is 3. The van der Waals surface area contributed by atoms with E-state index in [-0.39, 0.29) is 30.7 Å². The number of tetrazole rings is 1. The Labute approximate surface area is 263 Å². The number of nitrogens with zero attached hydrogens (tertiary/aromatic N) is 4. The lowest BCUT2D eigenvalue weighted by Gasteiger charge is -2.35. The van der Waals surface area contributed by atoms with Crippen LogP contribution in [0.5, 0.6) is 0 Å². The minimum atomic E-state index is -0.775. The van der Waals surface area contributed by atoms with Crippen molar-refractivity contribution in [2.24, 2.45) is 5.92 Å². The number of carbonyl (C=O) groups excluding carboxylic acids is 3. The van der Waals surface area contributed by atoms with Gasteiger partial charge in [0.25, 0.3) is 0 Å². The second kappa shape index (κ2) is 16.2. The molecule has 1 heterocycles. The molecule has 0 saturated heterocycles. The lowest BCUT2D eigenvalue weighted by atomic mass is 9.96. The van der Waals surface area contributed by atoms with E-state index in [9.17, 15) is 14.4 Å². The van der Waals surface area contributed by atoms with E-state index in [1.807, 2.05) is 99.6 Å². The van der Waals surface area contributed by atoms with Crippen molar-refractivity contribution in [1.29, 1.82) is 0 Å². The molecule has 11 nitrogen and oxygen atoms in total. The molecule has 1 unspecified atom stereocenters. The van der Waals surface area contributed by atoms with Crippen LogP contribution in [0.3, 0.4) is 0 Å². The van der Waals surface area contributed by atoms with Crippen molar-refractivity contribution in [2.45, 2.75) is 71.5 Å². The molecule has 4 N–H and O–H groups in total. The molecular weight excluding hydrogens is 570 g/mol. The predicted molar refractivity (Wildman–Crippen MR) is 170 cm³/mol. The molecule has 3 aromatic carbocycles. The number of H-pyrrole nitrogens is 1. The molecule has 0 aliphatic carbocycles. The molecule has 4 rings (SSSR count). The Balaban J connectivity index is 1.59. The summed E-state index contributed by atoms with van der Waals surface area (Å²) in [5.41, 5.74) is 6.21. The number of hydrogen-bond acceptors (Lipinski definition) is 7. The standard InChI is InChI=1S/C34H41N7O4/c1-4-5-15-31(43)41(22-25-16-18-26(19-17-25)28-13-9-10-14-29(28)33-36-39-40-37-33)32(23(2)3)34(44)35-27(21-30(42)38-45)20-24-11-7-6-8-12-24/h6-14,16-19,23,27,32,45H,4-5,15,20-22H2,1-3H3,(H,35,44)(H,38,42)(H,36,37,39,40)/t27-,32?/m0/s1. The van der Waals surface area contributed by atoms with Crippen LogP contribution >= 0.6 is 0 Å². The minimum Gasteiger partial charge on any atom is -0.351 e. The van der Waals surface area contributed by atoms with E-state index >= 15 is 0 Å². The number of rotatable bonds is 15. The summed E-state index contributed by atoms with van der Waals surface area (Å²) in [5, 5.41) is 26.6. The summed E-state index contributed by atoms with van der Waals surface area (Å²) in [5.74, 6) is -0.762. The molecular formula is C34H41N7O4. The van der Waals surface area contributed by atoms with Gasteiger partial charge in [0.1, 0.15) is 6.04 Å². The Kier molecular flexibility index (Phi) is 11.9. The number of hydrogen-bond donors (Lipinski definition) is 4. The van der Waals surface area contributed by atoms with Gasteiger partial charge < -0.3 is 10.2 Å². The van der Waals surface area contributed by atoms with Crippen molar-refractivity contribution in [1.82, 2.24) is 36.3 Å². The quantitative estimate of drug-likeness (QED) is 0.112. The van der Waals surface area contributed by atoms with E-state index in [1.54, 1.807) is 10.4 Å². The van der Waals surface area contributed by atoms with Crippen LogP contribution < -0.4 is 10.8 Å². The molecule has 4 aromatic rings. The average Bonchev–Trinajstić information content (AvgIpc) is 3.59. The molecule has 45 heavy (non-hydrogen) atoms. The van der Waals surface area contributed by atoms with Gasteiger partial charge in [-0.3, -0.25) is 19.6 Å². The molecule has 0 aliphatic heterocycles. The van der Waals surface area contributed by atoms with Crippen LogP contribution in [0.4, 0.5) is 0 Å². The summed E-state index contributed by atoms with van der Waals surface area (Å²) in [4.78, 5) is 41.4. The first-order valence-corrected chi connectivity index (χ1v) is 15.3. The summed E-state index contributed by atoms with van der Waals surface area (Å²) in [6.45, 7) is 6.09. The maximum Gasteiger partial charge on any atom is 0.245 e. The van der Waals surface area contributed by atoms with Gasteiger partial charge in [0, 0.05) is 31.0 Å². The van der Waals surface area contributed by atoms with Gasteiger partial charge >= 0.3 is 0 Å². The molecule has 0 spiro atoms. The number of carbonyl (C=O) groups is 3. The third-order valence-electron chi connectivity index (χ3n) is 7.66. The fourth-order valence-corrected chi connectivity index (χ4v) is 5.44. The molecule has 2 atom stereocenters. The molecule has 3 amide bonds. The summed E-state index contributed by atoms with van der Waals surface area (Å²) in [7, 11) is 0. The average molecular weight is 612 g/mol. The lowest BCUT2D eigenvalue weighted by molar-refractivity contribution is -0.143. The molecule has 236 valence electrons. The monoisotopic (exact) mass is 611 g/mol. The van der Waals surface area contributed by atoms with Gasteiger partial charge in [-0.15, -0.1) is 10.2 Å². The smallest absolute Gasteiger partial charge is 0.245 e. The van der Waals surface area contributed by atoms with Crippen molar-refractivity contribution in [3.05, 3.63) is 90.0 Å². The minimum absolute atomic E-state index is 0.107. The summed E-state index contributed by atoms with van der Waals surface area (Å²) < 4.78 is 0. The Bertz CT molecular complexity index is 1530. The largest absolute Gasteiger partial charge is 0.351 e. The lowest BCUT2D eigenvalue weighted by Crippen LogP contribution is -2.54. The zero-order chi connectivity index (χ0) is 32.2. The highest BCUT2D eigenvalue weighted by Gasteiger charge is 2.33. The van der Waals surface area contributed by atoms with Crippen LogP contribution in [-0.4, -0.2) is 60.5 Å². The third kappa shape index (κ3) is 9.05. The number of hydroxylamine groups is 1. The van der Waals surface area contributed by atoms with Crippen molar-refractivity contribution in [3.63, 3.8) is 0 Å². The van der Waals surface area contributed by atoms with Crippen LogP contribution in [0.1, 0.15) is 57.6 Å². The van der Waals surface area contributed by atoms with E-state index in [0.717, 1.165) is 34.2 Å². The Morgan fingerprint density at radius 2 is 1.60 bits per heavy atom. The first kappa shape index (κ1) is 33.0. The fourth-order valence-electron chi connectivity index (χ4n) is 5.44. The van der Waals surface area contributed by atoms with Gasteiger partial charge in [-0.05, 0) is 46.2 Å². The maximum absolute atomic E-state index is 13.9. The molecule has 1 aromatic heterocycles. The Morgan fingerprint density at radius 3 is 2.22 bits per heavy atom. The summed E-state index contributed by atoms with van der Waals surface area (Å²) in [6.07, 6.45) is 2.16. The molecule has 0 saturated carbocycles. The zero-order valence-corrected chi connectivity index (χ0v) is 25.9. The fraction of sp³-hybridized carbons (Fsp3) is 0.353. The SMILES string of the molecule is CCCCC(=O)N(Cc1ccc(-c2ccccc2-c2nn[nH]n2)cc1)C(C(=O)N[C@H](CC(=O)NO)Cc1ccccc1)C(C)C. The molecule has 0 radical (unpaired) electrons. The topological polar surface area (TPSA) is 153 Å². The normalized spacial score (nSPS) is 12.4. The highest BCUT2D eigenvalue weighted by Crippen LogP contribution is 2.30. The first-order chi connectivity index (χ1) is 21.8. The molecule has 11 heteroatoms. The van der Waals surface area contributed by atoms with E-state index < -0.39 is 18.0 Å². The number of nitrogens with one attached hydrogen (secondary N) is 3. The van der Waals surface area contributed by atoms with Crippen molar-refractivity contribution < 1.29 is 19.6 Å². The second-order valence-electron chi connectivity index (χ2n) is 11.4. The van der Waals surface area contributed by atoms with Gasteiger partial charge in [-0.25, -0.2) is 5.48 Å². The number of aromatic amines is 1. The van der Waals surface area contributed by atoms with Crippen molar-refractivity contribution in [2.75, 3.05) is 0 Å². The van der Waals surface area contributed by atoms with Crippen LogP contribution in [0.25, 0.3) is 22.5 Å². The summed E-state index contributed by atoms with van der Waals surface area (Å²) in [6, 6.07) is 23.8. The van der Waals surface area contributed by atoms with E-state index in [4.69, 9.17) is 5.21 Å². The second-order valence-corrected chi connectivity index (χ2v) is 11.4. The zero-order valence-electron chi connectivity index (χ0n) is 25.9. The van der Waals surface area contributed by atoms with Gasteiger partial charge in [0.05, 0.1) is 0 Å². The Hall–Kier alpha value is -4.90. The number of aromatic nitrogens is 4. The highest BCUT2D eigenvalue weighted by atomic mass is 16.5. The van der Waals surface area contributed by atoms with Gasteiger partial charge in [0.15, 0.2) is 0 Å². The van der Waals surface area contributed by atoms with Crippen molar-refractivity contribution >= 4 is 17.7 Å². The van der Waals surface area contributed by atoms with Gasteiger partial charge in [-0.2, -0.15) is 5.21 Å².